The molecule has 1 N–H and O–H groups in total. The SMILES string of the molecule is O=C(NCc1ccc(F)cc1F)c1cc(Cl)ccn1. The van der Waals surface area contributed by atoms with Gasteiger partial charge in [0, 0.05) is 29.4 Å². The van der Waals surface area contributed by atoms with Crippen molar-refractivity contribution in [3.63, 3.8) is 0 Å². The summed E-state index contributed by atoms with van der Waals surface area (Å²) in [6.07, 6.45) is 1.40. The van der Waals surface area contributed by atoms with E-state index < -0.39 is 17.5 Å². The van der Waals surface area contributed by atoms with E-state index in [9.17, 15) is 13.6 Å². The van der Waals surface area contributed by atoms with Crippen LogP contribution in [0.2, 0.25) is 5.02 Å². The highest BCUT2D eigenvalue weighted by atomic mass is 35.5. The van der Waals surface area contributed by atoms with E-state index in [0.717, 1.165) is 12.1 Å². The van der Waals surface area contributed by atoms with Gasteiger partial charge < -0.3 is 5.32 Å². The molecule has 3 nitrogen and oxygen atoms in total. The van der Waals surface area contributed by atoms with E-state index in [1.807, 2.05) is 0 Å². The van der Waals surface area contributed by atoms with E-state index in [-0.39, 0.29) is 17.8 Å². The monoisotopic (exact) mass is 282 g/mol. The summed E-state index contributed by atoms with van der Waals surface area (Å²) in [4.78, 5) is 15.6. The zero-order valence-electron chi connectivity index (χ0n) is 9.66. The Morgan fingerprint density at radius 3 is 2.74 bits per heavy atom. The molecule has 1 aromatic carbocycles. The molecule has 19 heavy (non-hydrogen) atoms. The number of hydrogen-bond acceptors (Lipinski definition) is 2. The Bertz CT molecular complexity index is 619. The first kappa shape index (κ1) is 13.4. The Morgan fingerprint density at radius 1 is 1.26 bits per heavy atom. The Balaban J connectivity index is 2.04. The number of nitrogens with zero attached hydrogens (tertiary/aromatic N) is 1. The van der Waals surface area contributed by atoms with Crippen molar-refractivity contribution >= 4 is 17.5 Å². The van der Waals surface area contributed by atoms with Crippen LogP contribution in [-0.2, 0) is 6.54 Å². The molecular weight excluding hydrogens is 274 g/mol. The second-order valence-corrected chi connectivity index (χ2v) is 4.21. The van der Waals surface area contributed by atoms with Crippen LogP contribution >= 0.6 is 11.6 Å². The molecule has 0 aliphatic heterocycles. The Labute approximate surface area is 113 Å². The van der Waals surface area contributed by atoms with Crippen molar-refractivity contribution in [1.82, 2.24) is 10.3 Å². The van der Waals surface area contributed by atoms with Gasteiger partial charge in [-0.15, -0.1) is 0 Å². The van der Waals surface area contributed by atoms with E-state index in [4.69, 9.17) is 11.6 Å². The van der Waals surface area contributed by atoms with Gasteiger partial charge in [-0.25, -0.2) is 8.78 Å². The summed E-state index contributed by atoms with van der Waals surface area (Å²) >= 11 is 5.73. The molecule has 0 spiro atoms. The first-order valence-corrected chi connectivity index (χ1v) is 5.78. The number of amides is 1. The van der Waals surface area contributed by atoms with Crippen molar-refractivity contribution in [1.29, 1.82) is 0 Å². The molecule has 2 rings (SSSR count). The van der Waals surface area contributed by atoms with Gasteiger partial charge in [0.1, 0.15) is 17.3 Å². The van der Waals surface area contributed by atoms with Gasteiger partial charge in [-0.1, -0.05) is 17.7 Å². The molecule has 0 unspecified atom stereocenters. The largest absolute Gasteiger partial charge is 0.347 e. The van der Waals surface area contributed by atoms with E-state index in [0.29, 0.717) is 5.02 Å². The maximum Gasteiger partial charge on any atom is 0.270 e. The van der Waals surface area contributed by atoms with Crippen LogP contribution in [0.15, 0.2) is 36.5 Å². The molecule has 2 aromatic rings. The molecule has 1 amide bonds. The van der Waals surface area contributed by atoms with E-state index in [1.165, 1.54) is 24.4 Å². The summed E-state index contributed by atoms with van der Waals surface area (Å²) in [7, 11) is 0. The molecule has 6 heteroatoms. The zero-order chi connectivity index (χ0) is 13.8. The molecule has 0 aliphatic carbocycles. The summed E-state index contributed by atoms with van der Waals surface area (Å²) < 4.78 is 26.0. The van der Waals surface area contributed by atoms with Gasteiger partial charge in [0.05, 0.1) is 0 Å². The van der Waals surface area contributed by atoms with Gasteiger partial charge in [0.15, 0.2) is 0 Å². The van der Waals surface area contributed by atoms with Crippen LogP contribution in [-0.4, -0.2) is 10.9 Å². The zero-order valence-corrected chi connectivity index (χ0v) is 10.4. The van der Waals surface area contributed by atoms with E-state index in [2.05, 4.69) is 10.3 Å². The molecule has 0 radical (unpaired) electrons. The minimum atomic E-state index is -0.709. The van der Waals surface area contributed by atoms with Crippen LogP contribution in [0.4, 0.5) is 8.78 Å². The molecule has 0 saturated carbocycles. The number of benzene rings is 1. The third-order valence-corrected chi connectivity index (χ3v) is 2.64. The van der Waals surface area contributed by atoms with Crippen molar-refractivity contribution in [2.45, 2.75) is 6.54 Å². The topological polar surface area (TPSA) is 42.0 Å². The molecule has 0 fully saturated rings. The summed E-state index contributed by atoms with van der Waals surface area (Å²) in [5, 5.41) is 2.86. The molecule has 0 aliphatic rings. The number of nitrogens with one attached hydrogen (secondary N) is 1. The molecule has 0 atom stereocenters. The fraction of sp³-hybridized carbons (Fsp3) is 0.0769. The van der Waals surface area contributed by atoms with Gasteiger partial charge in [-0.2, -0.15) is 0 Å². The maximum absolute atomic E-state index is 13.3. The number of carbonyl (C=O) groups is 1. The molecule has 0 saturated heterocycles. The van der Waals surface area contributed by atoms with Crippen molar-refractivity contribution in [3.8, 4) is 0 Å². The first-order chi connectivity index (χ1) is 9.06. The van der Waals surface area contributed by atoms with Gasteiger partial charge in [0.25, 0.3) is 5.91 Å². The lowest BCUT2D eigenvalue weighted by molar-refractivity contribution is 0.0945. The molecular formula is C13H9ClF2N2O. The smallest absolute Gasteiger partial charge is 0.270 e. The number of pyridine rings is 1. The number of aromatic nitrogens is 1. The highest BCUT2D eigenvalue weighted by molar-refractivity contribution is 6.30. The Morgan fingerprint density at radius 2 is 2.05 bits per heavy atom. The summed E-state index contributed by atoms with van der Waals surface area (Å²) in [6.45, 7) is -0.0564. The summed E-state index contributed by atoms with van der Waals surface area (Å²) in [5.41, 5.74) is 0.326. The Hall–Kier alpha value is -2.01. The number of hydrogen-bond donors (Lipinski definition) is 1. The number of carbonyl (C=O) groups excluding carboxylic acids is 1. The van der Waals surface area contributed by atoms with E-state index >= 15 is 0 Å². The highest BCUT2D eigenvalue weighted by Gasteiger charge is 2.09. The molecule has 1 heterocycles. The lowest BCUT2D eigenvalue weighted by Gasteiger charge is -2.06. The van der Waals surface area contributed by atoms with Gasteiger partial charge in [-0.3, -0.25) is 9.78 Å². The first-order valence-electron chi connectivity index (χ1n) is 5.40. The highest BCUT2D eigenvalue weighted by Crippen LogP contribution is 2.10. The minimum absolute atomic E-state index is 0.0564. The number of halogens is 3. The Kier molecular flexibility index (Phi) is 4.06. The minimum Gasteiger partial charge on any atom is -0.347 e. The quantitative estimate of drug-likeness (QED) is 0.940. The summed E-state index contributed by atoms with van der Waals surface area (Å²) in [5.74, 6) is -1.85. The van der Waals surface area contributed by atoms with Gasteiger partial charge >= 0.3 is 0 Å². The molecule has 98 valence electrons. The average molecular weight is 283 g/mol. The fourth-order valence-electron chi connectivity index (χ4n) is 1.46. The molecule has 0 bridgehead atoms. The maximum atomic E-state index is 13.3. The van der Waals surface area contributed by atoms with Crippen LogP contribution in [0.5, 0.6) is 0 Å². The third kappa shape index (κ3) is 3.48. The van der Waals surface area contributed by atoms with Crippen LogP contribution in [0.1, 0.15) is 16.1 Å². The molecule has 1 aromatic heterocycles. The number of rotatable bonds is 3. The predicted molar refractivity (Wildman–Crippen MR) is 66.8 cm³/mol. The average Bonchev–Trinajstić information content (AvgIpc) is 2.37. The van der Waals surface area contributed by atoms with Crippen molar-refractivity contribution in [3.05, 3.63) is 64.4 Å². The fourth-order valence-corrected chi connectivity index (χ4v) is 1.62. The standard InChI is InChI=1S/C13H9ClF2N2O/c14-9-3-4-17-12(5-9)13(19)18-7-8-1-2-10(15)6-11(8)16/h1-6H,7H2,(H,18,19). The van der Waals surface area contributed by atoms with Crippen molar-refractivity contribution in [2.75, 3.05) is 0 Å². The predicted octanol–water partition coefficient (Wildman–Crippen LogP) is 2.94. The lowest BCUT2D eigenvalue weighted by atomic mass is 10.2. The second-order valence-electron chi connectivity index (χ2n) is 3.78. The van der Waals surface area contributed by atoms with Crippen molar-refractivity contribution in [2.24, 2.45) is 0 Å². The normalized spacial score (nSPS) is 10.3. The van der Waals surface area contributed by atoms with Crippen LogP contribution in [0.25, 0.3) is 0 Å². The third-order valence-electron chi connectivity index (χ3n) is 2.41. The van der Waals surface area contributed by atoms with E-state index in [1.54, 1.807) is 0 Å². The lowest BCUT2D eigenvalue weighted by Crippen LogP contribution is -2.24. The van der Waals surface area contributed by atoms with Crippen molar-refractivity contribution < 1.29 is 13.6 Å². The summed E-state index contributed by atoms with van der Waals surface area (Å²) in [6, 6.07) is 6.10. The van der Waals surface area contributed by atoms with Gasteiger partial charge in [-0.05, 0) is 18.2 Å². The van der Waals surface area contributed by atoms with Crippen LogP contribution in [0.3, 0.4) is 0 Å². The van der Waals surface area contributed by atoms with Crippen LogP contribution in [0, 0.1) is 11.6 Å². The second kappa shape index (κ2) is 5.75. The van der Waals surface area contributed by atoms with Gasteiger partial charge in [0.2, 0.25) is 0 Å². The van der Waals surface area contributed by atoms with Crippen LogP contribution < -0.4 is 5.32 Å².